The van der Waals surface area contributed by atoms with Gasteiger partial charge in [-0.15, -0.1) is 0 Å². The Balaban J connectivity index is 1.24. The lowest BCUT2D eigenvalue weighted by molar-refractivity contribution is 1.17. The molecule has 51 heavy (non-hydrogen) atoms. The Morgan fingerprint density at radius 3 is 1.55 bits per heavy atom. The SMILES string of the molecule is c1ccc(-c2ccc(-n3c4ccccc4c4c3ccc3c5ccccc5n(-c5cccc(N(c6ccccc6)c6ccccc6)c5)c34)cc2)cc1. The van der Waals surface area contributed by atoms with Crippen LogP contribution in [0.15, 0.2) is 200 Å². The van der Waals surface area contributed by atoms with Crippen LogP contribution < -0.4 is 4.90 Å². The molecule has 0 amide bonds. The Morgan fingerprint density at radius 1 is 0.314 bits per heavy atom. The average Bonchev–Trinajstić information content (AvgIpc) is 3.72. The van der Waals surface area contributed by atoms with Crippen molar-refractivity contribution >= 4 is 60.7 Å². The first-order valence-corrected chi connectivity index (χ1v) is 17.5. The van der Waals surface area contributed by atoms with Crippen molar-refractivity contribution in [2.45, 2.75) is 0 Å². The van der Waals surface area contributed by atoms with E-state index in [9.17, 15) is 0 Å². The Morgan fingerprint density at radius 2 is 0.863 bits per heavy atom. The van der Waals surface area contributed by atoms with Crippen LogP contribution in [0.25, 0.3) is 66.1 Å². The highest BCUT2D eigenvalue weighted by Gasteiger charge is 2.21. The smallest absolute Gasteiger partial charge is 0.0641 e. The minimum Gasteiger partial charge on any atom is -0.310 e. The van der Waals surface area contributed by atoms with Gasteiger partial charge in [-0.25, -0.2) is 0 Å². The van der Waals surface area contributed by atoms with Crippen LogP contribution in [0, 0.1) is 0 Å². The zero-order valence-corrected chi connectivity index (χ0v) is 27.9. The third kappa shape index (κ3) is 4.74. The van der Waals surface area contributed by atoms with E-state index in [-0.39, 0.29) is 0 Å². The van der Waals surface area contributed by atoms with E-state index in [1.165, 1.54) is 54.7 Å². The Hall–Kier alpha value is -6.84. The van der Waals surface area contributed by atoms with E-state index in [0.717, 1.165) is 28.4 Å². The van der Waals surface area contributed by atoms with Crippen LogP contribution in [-0.4, -0.2) is 9.13 Å². The summed E-state index contributed by atoms with van der Waals surface area (Å²) in [6.45, 7) is 0. The number of nitrogens with zero attached hydrogens (tertiary/aromatic N) is 3. The minimum atomic E-state index is 1.10. The number of para-hydroxylation sites is 4. The largest absolute Gasteiger partial charge is 0.310 e. The topological polar surface area (TPSA) is 13.1 Å². The fraction of sp³-hybridized carbons (Fsp3) is 0. The molecule has 0 aliphatic heterocycles. The number of hydrogen-bond acceptors (Lipinski definition) is 1. The van der Waals surface area contributed by atoms with Gasteiger partial charge in [0, 0.05) is 50.0 Å². The Kier molecular flexibility index (Phi) is 6.81. The molecule has 0 radical (unpaired) electrons. The average molecular weight is 652 g/mol. The molecular weight excluding hydrogens is 619 g/mol. The zero-order valence-electron chi connectivity index (χ0n) is 27.9. The quantitative estimate of drug-likeness (QED) is 0.174. The summed E-state index contributed by atoms with van der Waals surface area (Å²) in [5, 5.41) is 4.97. The van der Waals surface area contributed by atoms with Crippen LogP contribution in [0.3, 0.4) is 0 Å². The minimum absolute atomic E-state index is 1.10. The lowest BCUT2D eigenvalue weighted by Gasteiger charge is -2.26. The third-order valence-corrected chi connectivity index (χ3v) is 10.1. The number of hydrogen-bond donors (Lipinski definition) is 0. The highest BCUT2D eigenvalue weighted by atomic mass is 15.1. The number of rotatable bonds is 6. The number of benzene rings is 8. The van der Waals surface area contributed by atoms with E-state index in [1.807, 2.05) is 0 Å². The maximum atomic E-state index is 2.47. The molecule has 240 valence electrons. The second-order valence-electron chi connectivity index (χ2n) is 13.0. The second kappa shape index (κ2) is 11.9. The van der Waals surface area contributed by atoms with Crippen LogP contribution in [0.2, 0.25) is 0 Å². The molecule has 8 aromatic carbocycles. The fourth-order valence-electron chi connectivity index (χ4n) is 7.86. The van der Waals surface area contributed by atoms with Crippen LogP contribution in [0.4, 0.5) is 17.1 Å². The van der Waals surface area contributed by atoms with Gasteiger partial charge in [-0.1, -0.05) is 127 Å². The van der Waals surface area contributed by atoms with Crippen LogP contribution in [-0.2, 0) is 0 Å². The summed E-state index contributed by atoms with van der Waals surface area (Å²) >= 11 is 0. The first-order chi connectivity index (χ1) is 25.3. The molecule has 0 N–H and O–H groups in total. The first-order valence-electron chi connectivity index (χ1n) is 17.5. The van der Waals surface area contributed by atoms with E-state index in [2.05, 4.69) is 214 Å². The normalized spacial score (nSPS) is 11.5. The maximum Gasteiger partial charge on any atom is 0.0641 e. The number of anilines is 3. The van der Waals surface area contributed by atoms with Gasteiger partial charge >= 0.3 is 0 Å². The van der Waals surface area contributed by atoms with E-state index in [0.29, 0.717) is 0 Å². The highest BCUT2D eigenvalue weighted by molar-refractivity contribution is 6.26. The molecule has 0 saturated carbocycles. The maximum absolute atomic E-state index is 2.47. The number of fused-ring (bicyclic) bond motifs is 7. The molecule has 0 aliphatic rings. The summed E-state index contributed by atoms with van der Waals surface area (Å²) in [7, 11) is 0. The van der Waals surface area contributed by atoms with Crippen LogP contribution >= 0.6 is 0 Å². The predicted octanol–water partition coefficient (Wildman–Crippen LogP) is 13.0. The molecule has 0 unspecified atom stereocenters. The molecular formula is C48H33N3. The Bertz CT molecular complexity index is 2790. The molecule has 0 atom stereocenters. The van der Waals surface area contributed by atoms with Crippen molar-refractivity contribution in [3.05, 3.63) is 200 Å². The molecule has 0 aliphatic carbocycles. The molecule has 2 heterocycles. The number of aromatic nitrogens is 2. The van der Waals surface area contributed by atoms with Gasteiger partial charge in [0.05, 0.1) is 22.1 Å². The first kappa shape index (κ1) is 29.1. The predicted molar refractivity (Wildman–Crippen MR) is 215 cm³/mol. The molecule has 10 rings (SSSR count). The van der Waals surface area contributed by atoms with Crippen molar-refractivity contribution in [2.24, 2.45) is 0 Å². The molecule has 10 aromatic rings. The van der Waals surface area contributed by atoms with Gasteiger partial charge in [-0.2, -0.15) is 0 Å². The summed E-state index contributed by atoms with van der Waals surface area (Å²) in [5.41, 5.74) is 12.8. The molecule has 0 spiro atoms. The lowest BCUT2D eigenvalue weighted by Crippen LogP contribution is -2.10. The molecule has 2 aromatic heterocycles. The lowest BCUT2D eigenvalue weighted by atomic mass is 10.1. The van der Waals surface area contributed by atoms with E-state index in [1.54, 1.807) is 0 Å². The molecule has 3 heteroatoms. The Labute approximate surface area is 296 Å². The van der Waals surface area contributed by atoms with Crippen LogP contribution in [0.1, 0.15) is 0 Å². The zero-order chi connectivity index (χ0) is 33.7. The van der Waals surface area contributed by atoms with E-state index >= 15 is 0 Å². The molecule has 0 fully saturated rings. The summed E-state index contributed by atoms with van der Waals surface area (Å²) in [4.78, 5) is 2.33. The van der Waals surface area contributed by atoms with E-state index < -0.39 is 0 Å². The highest BCUT2D eigenvalue weighted by Crippen LogP contribution is 2.43. The fourth-order valence-corrected chi connectivity index (χ4v) is 7.86. The second-order valence-corrected chi connectivity index (χ2v) is 13.0. The standard InChI is InChI=1S/C48H33N3/c1-4-15-34(16-5-1)35-27-29-38(30-28-35)50-45-26-13-11-24-43(45)47-46(50)32-31-42-41-23-10-12-25-44(41)51(48(42)47)40-22-14-21-39(33-40)49(36-17-6-2-7-18-36)37-19-8-3-9-20-37/h1-33H. The van der Waals surface area contributed by atoms with Crippen molar-refractivity contribution in [3.8, 4) is 22.5 Å². The summed E-state index contributed by atoms with van der Waals surface area (Å²) in [6, 6.07) is 72.0. The monoisotopic (exact) mass is 651 g/mol. The van der Waals surface area contributed by atoms with Gasteiger partial charge in [0.1, 0.15) is 0 Å². The van der Waals surface area contributed by atoms with Gasteiger partial charge < -0.3 is 14.0 Å². The third-order valence-electron chi connectivity index (χ3n) is 10.1. The molecule has 0 bridgehead atoms. The van der Waals surface area contributed by atoms with Crippen molar-refractivity contribution in [2.75, 3.05) is 4.90 Å². The van der Waals surface area contributed by atoms with Gasteiger partial charge in [0.15, 0.2) is 0 Å². The van der Waals surface area contributed by atoms with Gasteiger partial charge in [0.25, 0.3) is 0 Å². The van der Waals surface area contributed by atoms with Crippen molar-refractivity contribution in [1.82, 2.24) is 9.13 Å². The van der Waals surface area contributed by atoms with Crippen molar-refractivity contribution in [1.29, 1.82) is 0 Å². The molecule has 0 saturated heterocycles. The summed E-state index contributed by atoms with van der Waals surface area (Å²) in [5.74, 6) is 0. The van der Waals surface area contributed by atoms with Gasteiger partial charge in [0.2, 0.25) is 0 Å². The van der Waals surface area contributed by atoms with Crippen LogP contribution in [0.5, 0.6) is 0 Å². The summed E-state index contributed by atoms with van der Waals surface area (Å²) < 4.78 is 4.89. The molecule has 3 nitrogen and oxygen atoms in total. The van der Waals surface area contributed by atoms with E-state index in [4.69, 9.17) is 0 Å². The van der Waals surface area contributed by atoms with Gasteiger partial charge in [-0.05, 0) is 83.9 Å². The van der Waals surface area contributed by atoms with Gasteiger partial charge in [-0.3, -0.25) is 0 Å². The van der Waals surface area contributed by atoms with Crippen molar-refractivity contribution in [3.63, 3.8) is 0 Å². The summed E-state index contributed by atoms with van der Waals surface area (Å²) in [6.07, 6.45) is 0. The van der Waals surface area contributed by atoms with Crippen molar-refractivity contribution < 1.29 is 0 Å².